The van der Waals surface area contributed by atoms with E-state index < -0.39 is 0 Å². The van der Waals surface area contributed by atoms with E-state index in [0.717, 1.165) is 31.0 Å². The summed E-state index contributed by atoms with van der Waals surface area (Å²) in [7, 11) is 0. The number of aromatic nitrogens is 2. The molecule has 3 rings (SSSR count). The number of nitrogens with one attached hydrogen (secondary N) is 1. The second-order valence-corrected chi connectivity index (χ2v) is 6.04. The molecule has 122 valence electrons. The van der Waals surface area contributed by atoms with Crippen LogP contribution in [-0.4, -0.2) is 35.0 Å². The van der Waals surface area contributed by atoms with Gasteiger partial charge >= 0.3 is 0 Å². The molecule has 0 spiro atoms. The molecule has 1 saturated heterocycles. The number of piperidine rings is 1. The van der Waals surface area contributed by atoms with E-state index in [-0.39, 0.29) is 17.9 Å². The van der Waals surface area contributed by atoms with Gasteiger partial charge in [-0.1, -0.05) is 0 Å². The Morgan fingerprint density at radius 2 is 2.43 bits per heavy atom. The number of carbonyl (C=O) groups is 1. The topological polar surface area (TPSA) is 71.3 Å². The number of hydrogen-bond donors (Lipinski definition) is 1. The van der Waals surface area contributed by atoms with Crippen molar-refractivity contribution in [3.63, 3.8) is 0 Å². The highest BCUT2D eigenvalue weighted by molar-refractivity contribution is 5.79. The zero-order valence-electron chi connectivity index (χ0n) is 13.3. The minimum absolute atomic E-state index is 0.00944. The van der Waals surface area contributed by atoms with Gasteiger partial charge in [-0.25, -0.2) is 4.98 Å². The van der Waals surface area contributed by atoms with Crippen LogP contribution in [0.5, 0.6) is 0 Å². The second kappa shape index (κ2) is 7.26. The molecule has 0 aromatic carbocycles. The third-order valence-electron chi connectivity index (χ3n) is 4.14. The number of hydrogen-bond acceptors (Lipinski definition) is 5. The summed E-state index contributed by atoms with van der Waals surface area (Å²) in [5.41, 5.74) is 0. The standard InChI is InChI=1S/C17H22N4O2/c1-13(10-15-5-3-9-23-15)20-17(22)14-4-2-8-21(12-14)16-11-18-6-7-19-16/h3,5-7,9,11,13-14H,2,4,8,10,12H2,1H3,(H,20,22). The smallest absolute Gasteiger partial charge is 0.225 e. The highest BCUT2D eigenvalue weighted by Crippen LogP contribution is 2.21. The molecule has 2 aromatic heterocycles. The monoisotopic (exact) mass is 314 g/mol. The first-order valence-corrected chi connectivity index (χ1v) is 8.06. The highest BCUT2D eigenvalue weighted by atomic mass is 16.3. The van der Waals surface area contributed by atoms with Gasteiger partial charge in [0.2, 0.25) is 5.91 Å². The molecule has 2 aromatic rings. The molecule has 0 aliphatic carbocycles. The predicted molar refractivity (Wildman–Crippen MR) is 87.0 cm³/mol. The Balaban J connectivity index is 1.54. The van der Waals surface area contributed by atoms with Gasteiger partial charge in [-0.2, -0.15) is 0 Å². The van der Waals surface area contributed by atoms with Gasteiger partial charge in [0.15, 0.2) is 0 Å². The number of carbonyl (C=O) groups excluding carboxylic acids is 1. The minimum Gasteiger partial charge on any atom is -0.469 e. The fourth-order valence-electron chi connectivity index (χ4n) is 3.00. The van der Waals surface area contributed by atoms with E-state index in [4.69, 9.17) is 4.42 Å². The van der Waals surface area contributed by atoms with E-state index >= 15 is 0 Å². The number of nitrogens with zero attached hydrogens (tertiary/aromatic N) is 3. The zero-order chi connectivity index (χ0) is 16.1. The van der Waals surface area contributed by atoms with Gasteiger partial charge in [0.25, 0.3) is 0 Å². The van der Waals surface area contributed by atoms with Crippen LogP contribution in [0.1, 0.15) is 25.5 Å². The Kier molecular flexibility index (Phi) is 4.90. The van der Waals surface area contributed by atoms with Gasteiger partial charge in [-0.15, -0.1) is 0 Å². The minimum atomic E-state index is -0.00944. The molecule has 1 aliphatic heterocycles. The molecule has 0 saturated carbocycles. The Labute approximate surface area is 135 Å². The van der Waals surface area contributed by atoms with Gasteiger partial charge < -0.3 is 14.6 Å². The van der Waals surface area contributed by atoms with E-state index in [2.05, 4.69) is 20.2 Å². The van der Waals surface area contributed by atoms with Crippen LogP contribution in [0.4, 0.5) is 5.82 Å². The average Bonchev–Trinajstić information content (AvgIpc) is 3.08. The maximum Gasteiger partial charge on any atom is 0.225 e. The highest BCUT2D eigenvalue weighted by Gasteiger charge is 2.27. The Hall–Kier alpha value is -2.37. The van der Waals surface area contributed by atoms with Crippen molar-refractivity contribution in [2.45, 2.75) is 32.2 Å². The summed E-state index contributed by atoms with van der Waals surface area (Å²) < 4.78 is 5.33. The summed E-state index contributed by atoms with van der Waals surface area (Å²) in [6.07, 6.45) is 9.36. The van der Waals surface area contributed by atoms with Gasteiger partial charge in [0, 0.05) is 37.9 Å². The summed E-state index contributed by atoms with van der Waals surface area (Å²) in [6, 6.07) is 3.85. The van der Waals surface area contributed by atoms with Crippen LogP contribution in [0.15, 0.2) is 41.4 Å². The lowest BCUT2D eigenvalue weighted by molar-refractivity contribution is -0.125. The van der Waals surface area contributed by atoms with E-state index in [1.54, 1.807) is 24.9 Å². The molecule has 23 heavy (non-hydrogen) atoms. The maximum atomic E-state index is 12.5. The lowest BCUT2D eigenvalue weighted by atomic mass is 9.96. The van der Waals surface area contributed by atoms with Crippen molar-refractivity contribution in [1.29, 1.82) is 0 Å². The van der Waals surface area contributed by atoms with Gasteiger partial charge in [0.05, 0.1) is 18.4 Å². The molecule has 1 amide bonds. The van der Waals surface area contributed by atoms with Crippen molar-refractivity contribution >= 4 is 11.7 Å². The molecule has 0 bridgehead atoms. The van der Waals surface area contributed by atoms with Crippen molar-refractivity contribution < 1.29 is 9.21 Å². The molecule has 1 fully saturated rings. The molecule has 1 aliphatic rings. The number of rotatable bonds is 5. The van der Waals surface area contributed by atoms with Crippen LogP contribution in [0.3, 0.4) is 0 Å². The number of anilines is 1. The Morgan fingerprint density at radius 3 is 3.17 bits per heavy atom. The largest absolute Gasteiger partial charge is 0.469 e. The lowest BCUT2D eigenvalue weighted by Crippen LogP contribution is -2.46. The first-order valence-electron chi connectivity index (χ1n) is 8.06. The molecule has 6 nitrogen and oxygen atoms in total. The SMILES string of the molecule is CC(Cc1ccco1)NC(=O)C1CCCN(c2cnccn2)C1. The third kappa shape index (κ3) is 4.09. The molecule has 6 heteroatoms. The fourth-order valence-corrected chi connectivity index (χ4v) is 3.00. The number of furan rings is 1. The summed E-state index contributed by atoms with van der Waals surface area (Å²) in [6.45, 7) is 3.62. The van der Waals surface area contributed by atoms with E-state index in [9.17, 15) is 4.79 Å². The predicted octanol–water partition coefficient (Wildman–Crippen LogP) is 2.03. The van der Waals surface area contributed by atoms with E-state index in [1.165, 1.54) is 0 Å². The quantitative estimate of drug-likeness (QED) is 0.914. The maximum absolute atomic E-state index is 12.5. The second-order valence-electron chi connectivity index (χ2n) is 6.04. The summed E-state index contributed by atoms with van der Waals surface area (Å²) in [5, 5.41) is 3.10. The Morgan fingerprint density at radius 1 is 1.52 bits per heavy atom. The van der Waals surface area contributed by atoms with Gasteiger partial charge in [-0.05, 0) is 31.9 Å². The van der Waals surface area contributed by atoms with Crippen LogP contribution in [-0.2, 0) is 11.2 Å². The first-order chi connectivity index (χ1) is 11.2. The molecular weight excluding hydrogens is 292 g/mol. The van der Waals surface area contributed by atoms with Crippen LogP contribution in [0.2, 0.25) is 0 Å². The zero-order valence-corrected chi connectivity index (χ0v) is 13.3. The van der Waals surface area contributed by atoms with Crippen LogP contribution in [0, 0.1) is 5.92 Å². The van der Waals surface area contributed by atoms with Crippen molar-refractivity contribution in [2.24, 2.45) is 5.92 Å². The number of amides is 1. The average molecular weight is 314 g/mol. The van der Waals surface area contributed by atoms with E-state index in [1.807, 2.05) is 19.1 Å². The van der Waals surface area contributed by atoms with E-state index in [0.29, 0.717) is 13.0 Å². The van der Waals surface area contributed by atoms with Gasteiger partial charge in [-0.3, -0.25) is 9.78 Å². The van der Waals surface area contributed by atoms with Crippen molar-refractivity contribution in [3.05, 3.63) is 42.7 Å². The van der Waals surface area contributed by atoms with Gasteiger partial charge in [0.1, 0.15) is 11.6 Å². The first kappa shape index (κ1) is 15.5. The summed E-state index contributed by atoms with van der Waals surface area (Å²) in [4.78, 5) is 23.1. The van der Waals surface area contributed by atoms with Crippen molar-refractivity contribution in [1.82, 2.24) is 15.3 Å². The molecule has 1 N–H and O–H groups in total. The normalized spacial score (nSPS) is 19.3. The molecule has 3 heterocycles. The van der Waals surface area contributed by atoms with Crippen LogP contribution >= 0.6 is 0 Å². The summed E-state index contributed by atoms with van der Waals surface area (Å²) in [5.74, 6) is 1.83. The van der Waals surface area contributed by atoms with Crippen LogP contribution in [0.25, 0.3) is 0 Å². The third-order valence-corrected chi connectivity index (χ3v) is 4.14. The molecule has 2 atom stereocenters. The fraction of sp³-hybridized carbons (Fsp3) is 0.471. The van der Waals surface area contributed by atoms with Crippen molar-refractivity contribution in [2.75, 3.05) is 18.0 Å². The summed E-state index contributed by atoms with van der Waals surface area (Å²) >= 11 is 0. The van der Waals surface area contributed by atoms with Crippen molar-refractivity contribution in [3.8, 4) is 0 Å². The van der Waals surface area contributed by atoms with Crippen LogP contribution < -0.4 is 10.2 Å². The molecule has 0 radical (unpaired) electrons. The Bertz CT molecular complexity index is 615. The molecular formula is C17H22N4O2. The molecule has 2 unspecified atom stereocenters. The lowest BCUT2D eigenvalue weighted by Gasteiger charge is -2.33.